The molecular weight excluding hydrogens is 338 g/mol. The Morgan fingerprint density at radius 2 is 1.59 bits per heavy atom. The molecule has 0 spiro atoms. The van der Waals surface area contributed by atoms with Gasteiger partial charge in [-0.15, -0.1) is 0 Å². The Morgan fingerprint density at radius 1 is 0.926 bits per heavy atom. The molecule has 0 bridgehead atoms. The van der Waals surface area contributed by atoms with E-state index in [9.17, 15) is 9.59 Å². The van der Waals surface area contributed by atoms with Crippen molar-refractivity contribution in [1.82, 2.24) is 4.90 Å². The number of benzene rings is 2. The highest BCUT2D eigenvalue weighted by atomic mass is 16.5. The van der Waals surface area contributed by atoms with E-state index < -0.39 is 6.04 Å². The number of ether oxygens (including phenoxy) is 1. The van der Waals surface area contributed by atoms with Gasteiger partial charge in [-0.2, -0.15) is 0 Å². The molecule has 0 N–H and O–H groups in total. The molecule has 4 rings (SSSR count). The van der Waals surface area contributed by atoms with E-state index in [1.165, 1.54) is 6.42 Å². The van der Waals surface area contributed by atoms with Gasteiger partial charge in [0.2, 0.25) is 0 Å². The summed E-state index contributed by atoms with van der Waals surface area (Å²) in [5, 5.41) is 0. The van der Waals surface area contributed by atoms with E-state index in [4.69, 9.17) is 4.74 Å². The van der Waals surface area contributed by atoms with E-state index in [2.05, 4.69) is 0 Å². The minimum Gasteiger partial charge on any atom is -0.459 e. The second-order valence-corrected chi connectivity index (χ2v) is 7.54. The van der Waals surface area contributed by atoms with Gasteiger partial charge in [0.05, 0.1) is 0 Å². The molecule has 140 valence electrons. The van der Waals surface area contributed by atoms with Gasteiger partial charge in [0.15, 0.2) is 0 Å². The van der Waals surface area contributed by atoms with Crippen LogP contribution >= 0.6 is 0 Å². The number of nitrogens with zero attached hydrogens (tertiary/aromatic N) is 1. The summed E-state index contributed by atoms with van der Waals surface area (Å²) in [7, 11) is 0. The van der Waals surface area contributed by atoms with Gasteiger partial charge < -0.3 is 9.64 Å². The molecule has 4 heteroatoms. The standard InChI is InChI=1S/C23H25NO3/c25-22(18-11-5-2-6-12-18)24-20-14-8-7-13-19(20)15-21(24)23(26)27-16-17-9-3-1-4-10-17/h1-6,9-12,19-21H,7-8,13-16H2. The first-order chi connectivity index (χ1) is 13.2. The number of amides is 1. The lowest BCUT2D eigenvalue weighted by Crippen LogP contribution is -2.46. The predicted molar refractivity (Wildman–Crippen MR) is 103 cm³/mol. The lowest BCUT2D eigenvalue weighted by atomic mass is 9.84. The summed E-state index contributed by atoms with van der Waals surface area (Å²) >= 11 is 0. The summed E-state index contributed by atoms with van der Waals surface area (Å²) in [6, 6.07) is 18.6. The second kappa shape index (κ2) is 7.95. The molecule has 0 aromatic heterocycles. The number of hydrogen-bond donors (Lipinski definition) is 0. The van der Waals surface area contributed by atoms with Crippen molar-refractivity contribution in [3.05, 3.63) is 71.8 Å². The van der Waals surface area contributed by atoms with Crippen LogP contribution in [0.1, 0.15) is 48.0 Å². The molecule has 1 heterocycles. The van der Waals surface area contributed by atoms with Gasteiger partial charge in [-0.3, -0.25) is 4.79 Å². The van der Waals surface area contributed by atoms with Crippen LogP contribution in [-0.2, 0) is 16.1 Å². The molecule has 2 fully saturated rings. The van der Waals surface area contributed by atoms with Gasteiger partial charge in [-0.1, -0.05) is 61.4 Å². The summed E-state index contributed by atoms with van der Waals surface area (Å²) in [6.07, 6.45) is 5.08. The molecule has 2 aliphatic rings. The summed E-state index contributed by atoms with van der Waals surface area (Å²) in [6.45, 7) is 0.249. The summed E-state index contributed by atoms with van der Waals surface area (Å²) < 4.78 is 5.60. The minimum absolute atomic E-state index is 0.0494. The average Bonchev–Trinajstić information content (AvgIpc) is 3.12. The summed E-state index contributed by atoms with van der Waals surface area (Å²) in [4.78, 5) is 27.9. The van der Waals surface area contributed by atoms with Crippen LogP contribution in [0.5, 0.6) is 0 Å². The first-order valence-corrected chi connectivity index (χ1v) is 9.82. The maximum atomic E-state index is 13.2. The third-order valence-electron chi connectivity index (χ3n) is 5.84. The van der Waals surface area contributed by atoms with Crippen molar-refractivity contribution in [3.63, 3.8) is 0 Å². The molecule has 27 heavy (non-hydrogen) atoms. The molecule has 1 aliphatic carbocycles. The molecule has 2 aromatic carbocycles. The Labute approximate surface area is 160 Å². The van der Waals surface area contributed by atoms with Crippen molar-refractivity contribution in [1.29, 1.82) is 0 Å². The molecule has 1 saturated carbocycles. The van der Waals surface area contributed by atoms with Gasteiger partial charge in [-0.05, 0) is 42.9 Å². The molecule has 0 radical (unpaired) electrons. The average molecular weight is 363 g/mol. The zero-order valence-electron chi connectivity index (χ0n) is 15.4. The van der Waals surface area contributed by atoms with E-state index in [0.717, 1.165) is 31.2 Å². The number of hydrogen-bond acceptors (Lipinski definition) is 3. The van der Waals surface area contributed by atoms with E-state index in [1.807, 2.05) is 65.6 Å². The van der Waals surface area contributed by atoms with Crippen LogP contribution in [0, 0.1) is 5.92 Å². The van der Waals surface area contributed by atoms with Crippen molar-refractivity contribution in [3.8, 4) is 0 Å². The van der Waals surface area contributed by atoms with Crippen LogP contribution in [0.25, 0.3) is 0 Å². The highest BCUT2D eigenvalue weighted by Gasteiger charge is 2.48. The third-order valence-corrected chi connectivity index (χ3v) is 5.84. The Hall–Kier alpha value is -2.62. The first-order valence-electron chi connectivity index (χ1n) is 9.82. The predicted octanol–water partition coefficient (Wildman–Crippen LogP) is 4.20. The largest absolute Gasteiger partial charge is 0.459 e. The smallest absolute Gasteiger partial charge is 0.329 e. The van der Waals surface area contributed by atoms with Crippen molar-refractivity contribution in [2.24, 2.45) is 5.92 Å². The zero-order chi connectivity index (χ0) is 18.6. The van der Waals surface area contributed by atoms with Crippen LogP contribution in [0.3, 0.4) is 0 Å². The minimum atomic E-state index is -0.477. The molecule has 3 atom stereocenters. The summed E-state index contributed by atoms with van der Waals surface area (Å²) in [5.74, 6) is 0.0740. The fourth-order valence-electron chi connectivity index (χ4n) is 4.52. The van der Waals surface area contributed by atoms with Crippen molar-refractivity contribution in [2.45, 2.75) is 50.8 Å². The quantitative estimate of drug-likeness (QED) is 0.765. The normalized spacial score (nSPS) is 24.3. The number of carbonyl (C=O) groups excluding carboxylic acids is 2. The number of carbonyl (C=O) groups is 2. The Kier molecular flexibility index (Phi) is 5.23. The van der Waals surface area contributed by atoms with Crippen molar-refractivity contribution < 1.29 is 14.3 Å². The highest BCUT2D eigenvalue weighted by Crippen LogP contribution is 2.40. The maximum Gasteiger partial charge on any atom is 0.329 e. The lowest BCUT2D eigenvalue weighted by molar-refractivity contribution is -0.149. The van der Waals surface area contributed by atoms with Gasteiger partial charge in [0, 0.05) is 11.6 Å². The molecule has 1 saturated heterocycles. The van der Waals surface area contributed by atoms with Gasteiger partial charge in [-0.25, -0.2) is 4.79 Å². The highest BCUT2D eigenvalue weighted by molar-refractivity contribution is 5.97. The monoisotopic (exact) mass is 363 g/mol. The summed E-state index contributed by atoms with van der Waals surface area (Å²) in [5.41, 5.74) is 1.60. The fourth-order valence-corrected chi connectivity index (χ4v) is 4.52. The number of fused-ring (bicyclic) bond motifs is 1. The van der Waals surface area contributed by atoms with Crippen LogP contribution in [-0.4, -0.2) is 28.9 Å². The molecule has 3 unspecified atom stereocenters. The van der Waals surface area contributed by atoms with E-state index in [-0.39, 0.29) is 24.5 Å². The SMILES string of the molecule is O=C(OCc1ccccc1)C1CC2CCCCC2N1C(=O)c1ccccc1. The molecule has 2 aromatic rings. The maximum absolute atomic E-state index is 13.2. The number of rotatable bonds is 4. The Bertz CT molecular complexity index is 790. The Balaban J connectivity index is 1.53. The van der Waals surface area contributed by atoms with Crippen molar-refractivity contribution >= 4 is 11.9 Å². The molecule has 4 nitrogen and oxygen atoms in total. The number of esters is 1. The van der Waals surface area contributed by atoms with Gasteiger partial charge in [0.1, 0.15) is 12.6 Å². The van der Waals surface area contributed by atoms with Crippen LogP contribution in [0.4, 0.5) is 0 Å². The Morgan fingerprint density at radius 3 is 2.33 bits per heavy atom. The van der Waals surface area contributed by atoms with E-state index in [1.54, 1.807) is 0 Å². The van der Waals surface area contributed by atoms with Crippen molar-refractivity contribution in [2.75, 3.05) is 0 Å². The van der Waals surface area contributed by atoms with Gasteiger partial charge in [0.25, 0.3) is 5.91 Å². The van der Waals surface area contributed by atoms with Crippen LogP contribution in [0.15, 0.2) is 60.7 Å². The van der Waals surface area contributed by atoms with Gasteiger partial charge >= 0.3 is 5.97 Å². The molecular formula is C23H25NO3. The molecule has 1 aliphatic heterocycles. The zero-order valence-corrected chi connectivity index (χ0v) is 15.4. The van der Waals surface area contributed by atoms with Crippen LogP contribution in [0.2, 0.25) is 0 Å². The van der Waals surface area contributed by atoms with Crippen LogP contribution < -0.4 is 0 Å². The first kappa shape index (κ1) is 17.8. The second-order valence-electron chi connectivity index (χ2n) is 7.54. The lowest BCUT2D eigenvalue weighted by Gasteiger charge is -2.33. The van der Waals surface area contributed by atoms with E-state index >= 15 is 0 Å². The van der Waals surface area contributed by atoms with E-state index in [0.29, 0.717) is 11.5 Å². The third kappa shape index (κ3) is 3.75. The fraction of sp³-hybridized carbons (Fsp3) is 0.391. The molecule has 1 amide bonds. The number of likely N-dealkylation sites (tertiary alicyclic amines) is 1. The topological polar surface area (TPSA) is 46.6 Å².